The molecule has 0 heterocycles. The number of carbonyl (C=O) groups is 2. The predicted octanol–water partition coefficient (Wildman–Crippen LogP) is 9.30. The molecule has 1 atom stereocenters. The van der Waals surface area contributed by atoms with Crippen molar-refractivity contribution < 1.29 is 48.2 Å². The van der Waals surface area contributed by atoms with Crippen LogP contribution < -0.4 is 0 Å². The number of hydrogen-bond acceptors (Lipinski definition) is 8. The molecule has 0 saturated heterocycles. The standard InChI is InChI=1S/C24H51O4P.C6H10O4.C3H8O2/c1-4-7-10-13-16-19-22-26-29(25,27-23-20-17-14-11-8-5-2)28-24-21-18-15-12-9-6-3;7-5(8)3-1-2-4-6(9)10;1-3(5)2-4/h4-24H2,1-3H3;1-4H2,(H,7,8)(H,9,10);3-5H,2H2,1H3. The lowest BCUT2D eigenvalue weighted by molar-refractivity contribution is -0.139. The van der Waals surface area contributed by atoms with E-state index in [1.54, 1.807) is 0 Å². The van der Waals surface area contributed by atoms with Gasteiger partial charge >= 0.3 is 19.8 Å². The van der Waals surface area contributed by atoms with Gasteiger partial charge in [-0.05, 0) is 39.0 Å². The van der Waals surface area contributed by atoms with Gasteiger partial charge < -0.3 is 20.4 Å². The molecule has 0 amide bonds. The Morgan fingerprint density at radius 1 is 0.545 bits per heavy atom. The molecule has 0 rings (SSSR count). The van der Waals surface area contributed by atoms with Crippen LogP contribution in [-0.4, -0.2) is 64.9 Å². The normalized spacial score (nSPS) is 11.7. The van der Waals surface area contributed by atoms with Gasteiger partial charge in [0.1, 0.15) is 0 Å². The molecule has 0 saturated carbocycles. The van der Waals surface area contributed by atoms with Crippen molar-refractivity contribution in [2.45, 2.75) is 175 Å². The van der Waals surface area contributed by atoms with Crippen molar-refractivity contribution in [3.63, 3.8) is 0 Å². The Morgan fingerprint density at radius 2 is 0.795 bits per heavy atom. The Kier molecular flexibility index (Phi) is 41.1. The highest BCUT2D eigenvalue weighted by molar-refractivity contribution is 7.48. The van der Waals surface area contributed by atoms with E-state index >= 15 is 0 Å². The van der Waals surface area contributed by atoms with E-state index < -0.39 is 25.9 Å². The van der Waals surface area contributed by atoms with E-state index in [1.807, 2.05) is 0 Å². The minimum absolute atomic E-state index is 0.0628. The van der Waals surface area contributed by atoms with Crippen molar-refractivity contribution in [2.75, 3.05) is 26.4 Å². The maximum absolute atomic E-state index is 13.0. The summed E-state index contributed by atoms with van der Waals surface area (Å²) in [6.45, 7) is 9.47. The molecule has 0 aromatic heterocycles. The quantitative estimate of drug-likeness (QED) is 0.0433. The number of carboxylic acid groups (broad SMARTS) is 2. The predicted molar refractivity (Wildman–Crippen MR) is 178 cm³/mol. The Bertz CT molecular complexity index is 578. The first-order valence-corrected chi connectivity index (χ1v) is 18.8. The van der Waals surface area contributed by atoms with Crippen LogP contribution in [0, 0.1) is 0 Å². The lowest BCUT2D eigenvalue weighted by Crippen LogP contribution is -2.04. The van der Waals surface area contributed by atoms with Gasteiger partial charge in [-0.2, -0.15) is 0 Å². The molecule has 0 aliphatic rings. The van der Waals surface area contributed by atoms with Crippen LogP contribution in [-0.2, 0) is 27.7 Å². The van der Waals surface area contributed by atoms with E-state index in [2.05, 4.69) is 20.8 Å². The summed E-state index contributed by atoms with van der Waals surface area (Å²) < 4.78 is 29.9. The Hall–Kier alpha value is -1.03. The molecular formula is C33H69O10P. The fourth-order valence-electron chi connectivity index (χ4n) is 3.84. The minimum atomic E-state index is -3.40. The molecule has 0 aromatic rings. The second kappa shape index (κ2) is 38.2. The number of aliphatic hydroxyl groups is 2. The van der Waals surface area contributed by atoms with Gasteiger partial charge in [-0.15, -0.1) is 0 Å². The largest absolute Gasteiger partial charge is 0.481 e. The number of phosphoric ester groups is 1. The molecule has 11 heteroatoms. The number of carboxylic acids is 2. The van der Waals surface area contributed by atoms with Gasteiger partial charge in [0, 0.05) is 12.8 Å². The zero-order valence-electron chi connectivity index (χ0n) is 28.6. The second-order valence-electron chi connectivity index (χ2n) is 11.3. The summed E-state index contributed by atoms with van der Waals surface area (Å²) in [5.74, 6) is -1.74. The lowest BCUT2D eigenvalue weighted by atomic mass is 10.1. The van der Waals surface area contributed by atoms with Crippen LogP contribution in [0.1, 0.15) is 169 Å². The number of aliphatic carboxylic acids is 2. The van der Waals surface area contributed by atoms with E-state index in [9.17, 15) is 14.2 Å². The highest BCUT2D eigenvalue weighted by Gasteiger charge is 2.26. The molecule has 0 bridgehead atoms. The fraction of sp³-hybridized carbons (Fsp3) is 0.939. The third kappa shape index (κ3) is 45.4. The number of rotatable bonds is 30. The molecule has 4 N–H and O–H groups in total. The van der Waals surface area contributed by atoms with E-state index in [0.29, 0.717) is 32.7 Å². The van der Waals surface area contributed by atoms with Crippen LogP contribution >= 0.6 is 7.82 Å². The molecule has 266 valence electrons. The minimum Gasteiger partial charge on any atom is -0.481 e. The average molecular weight is 657 g/mol. The van der Waals surface area contributed by atoms with Crippen molar-refractivity contribution in [3.8, 4) is 0 Å². The van der Waals surface area contributed by atoms with Gasteiger partial charge in [-0.3, -0.25) is 23.2 Å². The van der Waals surface area contributed by atoms with Crippen molar-refractivity contribution in [3.05, 3.63) is 0 Å². The van der Waals surface area contributed by atoms with E-state index in [4.69, 9.17) is 34.0 Å². The highest BCUT2D eigenvalue weighted by Crippen LogP contribution is 2.50. The number of hydrogen-bond donors (Lipinski definition) is 4. The van der Waals surface area contributed by atoms with E-state index in [0.717, 1.165) is 38.5 Å². The van der Waals surface area contributed by atoms with Crippen molar-refractivity contribution in [2.24, 2.45) is 0 Å². The summed E-state index contributed by atoms with van der Waals surface area (Å²) in [7, 11) is -3.40. The molecule has 0 aliphatic carbocycles. The third-order valence-corrected chi connectivity index (χ3v) is 8.03. The molecular weight excluding hydrogens is 587 g/mol. The van der Waals surface area contributed by atoms with Gasteiger partial charge in [0.2, 0.25) is 0 Å². The maximum atomic E-state index is 13.0. The van der Waals surface area contributed by atoms with Crippen LogP contribution in [0.4, 0.5) is 0 Å². The summed E-state index contributed by atoms with van der Waals surface area (Å²) in [6.07, 6.45) is 21.7. The second-order valence-corrected chi connectivity index (χ2v) is 12.9. The first kappa shape index (κ1) is 47.4. The molecule has 0 fully saturated rings. The lowest BCUT2D eigenvalue weighted by Gasteiger charge is -2.18. The van der Waals surface area contributed by atoms with Crippen LogP contribution in [0.5, 0.6) is 0 Å². The van der Waals surface area contributed by atoms with Gasteiger partial charge in [0.25, 0.3) is 0 Å². The van der Waals surface area contributed by atoms with Crippen LogP contribution in [0.3, 0.4) is 0 Å². The summed E-state index contributed by atoms with van der Waals surface area (Å²) in [4.78, 5) is 19.8. The molecule has 10 nitrogen and oxygen atoms in total. The topological polar surface area (TPSA) is 160 Å². The summed E-state index contributed by atoms with van der Waals surface area (Å²) in [5, 5.41) is 32.3. The summed E-state index contributed by atoms with van der Waals surface area (Å²) in [6, 6.07) is 0. The molecule has 0 spiro atoms. The molecule has 0 aliphatic heterocycles. The third-order valence-electron chi connectivity index (χ3n) is 6.54. The summed E-state index contributed by atoms with van der Waals surface area (Å²) in [5.41, 5.74) is 0. The van der Waals surface area contributed by atoms with Gasteiger partial charge in [0.15, 0.2) is 0 Å². The van der Waals surface area contributed by atoms with Gasteiger partial charge in [0.05, 0.1) is 32.5 Å². The first-order valence-electron chi connectivity index (χ1n) is 17.3. The molecule has 1 unspecified atom stereocenters. The average Bonchev–Trinajstić information content (AvgIpc) is 2.98. The van der Waals surface area contributed by atoms with Crippen LogP contribution in [0.15, 0.2) is 0 Å². The zero-order valence-corrected chi connectivity index (χ0v) is 29.5. The number of unbranched alkanes of at least 4 members (excludes halogenated alkanes) is 16. The van der Waals surface area contributed by atoms with Crippen LogP contribution in [0.25, 0.3) is 0 Å². The molecule has 0 radical (unpaired) electrons. The van der Waals surface area contributed by atoms with E-state index in [1.165, 1.54) is 84.0 Å². The Morgan fingerprint density at radius 3 is 1.02 bits per heavy atom. The monoisotopic (exact) mass is 656 g/mol. The summed E-state index contributed by atoms with van der Waals surface area (Å²) >= 11 is 0. The van der Waals surface area contributed by atoms with Crippen molar-refractivity contribution in [1.29, 1.82) is 0 Å². The van der Waals surface area contributed by atoms with Gasteiger partial charge in [-0.25, -0.2) is 4.57 Å². The maximum Gasteiger partial charge on any atom is 0.474 e. The van der Waals surface area contributed by atoms with Gasteiger partial charge in [-0.1, -0.05) is 117 Å². The molecule has 44 heavy (non-hydrogen) atoms. The SMILES string of the molecule is CC(O)CO.CCCCCCCCOP(=O)(OCCCCCCCC)OCCCCCCCC.O=C(O)CCCCC(=O)O. The van der Waals surface area contributed by atoms with Crippen molar-refractivity contribution >= 4 is 19.8 Å². The fourth-order valence-corrected chi connectivity index (χ4v) is 5.12. The Balaban J connectivity index is -0.000000916. The van der Waals surface area contributed by atoms with E-state index in [-0.39, 0.29) is 19.4 Å². The number of phosphoric acid groups is 1. The Labute approximate surface area is 269 Å². The van der Waals surface area contributed by atoms with Crippen molar-refractivity contribution in [1.82, 2.24) is 0 Å². The zero-order chi connectivity index (χ0) is 33.7. The van der Waals surface area contributed by atoms with Crippen LogP contribution in [0.2, 0.25) is 0 Å². The smallest absolute Gasteiger partial charge is 0.474 e. The highest BCUT2D eigenvalue weighted by atomic mass is 31.2. The first-order chi connectivity index (χ1) is 21.1. The molecule has 0 aromatic carbocycles. The number of aliphatic hydroxyl groups excluding tert-OH is 2.